The molecule has 0 amide bonds. The zero-order valence-electron chi connectivity index (χ0n) is 9.98. The molecule has 0 aromatic heterocycles. The Balaban J connectivity index is 2.17. The van der Waals surface area contributed by atoms with E-state index in [1.54, 1.807) is 0 Å². The van der Waals surface area contributed by atoms with Gasteiger partial charge in [-0.1, -0.05) is 49.7 Å². The van der Waals surface area contributed by atoms with Gasteiger partial charge in [0.05, 0.1) is 5.02 Å². The molecule has 0 radical (unpaired) electrons. The Kier molecular flexibility index (Phi) is 3.70. The van der Waals surface area contributed by atoms with E-state index in [0.717, 1.165) is 5.75 Å². The molecule has 0 atom stereocenters. The molecule has 0 bridgehead atoms. The standard InChI is InChI=1S/C15H15ClO/c1-11(2)12-7-9-13(10-8-12)17-15-6-4-3-5-14(15)16/h3-11H,1-2H3. The fourth-order valence-corrected chi connectivity index (χ4v) is 1.75. The van der Waals surface area contributed by atoms with Gasteiger partial charge < -0.3 is 4.74 Å². The quantitative estimate of drug-likeness (QED) is 0.718. The first-order valence-electron chi connectivity index (χ1n) is 5.69. The molecule has 0 saturated heterocycles. The van der Waals surface area contributed by atoms with Crippen molar-refractivity contribution < 1.29 is 4.74 Å². The average Bonchev–Trinajstić information content (AvgIpc) is 2.33. The summed E-state index contributed by atoms with van der Waals surface area (Å²) in [6, 6.07) is 15.6. The zero-order valence-corrected chi connectivity index (χ0v) is 10.7. The number of hydrogen-bond donors (Lipinski definition) is 0. The van der Waals surface area contributed by atoms with Crippen molar-refractivity contribution in [2.24, 2.45) is 0 Å². The molecule has 17 heavy (non-hydrogen) atoms. The number of benzene rings is 2. The van der Waals surface area contributed by atoms with Crippen LogP contribution in [0.3, 0.4) is 0 Å². The third-order valence-corrected chi connectivity index (χ3v) is 2.92. The summed E-state index contributed by atoms with van der Waals surface area (Å²) in [5.74, 6) is 2.03. The van der Waals surface area contributed by atoms with Crippen LogP contribution in [0.4, 0.5) is 0 Å². The van der Waals surface area contributed by atoms with Crippen molar-refractivity contribution >= 4 is 11.6 Å². The van der Waals surface area contributed by atoms with Crippen molar-refractivity contribution in [3.8, 4) is 11.5 Å². The van der Waals surface area contributed by atoms with Crippen LogP contribution in [0.1, 0.15) is 25.3 Å². The van der Waals surface area contributed by atoms with E-state index in [2.05, 4.69) is 26.0 Å². The summed E-state index contributed by atoms with van der Waals surface area (Å²) in [6.07, 6.45) is 0. The summed E-state index contributed by atoms with van der Waals surface area (Å²) in [5, 5.41) is 0.625. The van der Waals surface area contributed by atoms with Crippen LogP contribution in [-0.2, 0) is 0 Å². The highest BCUT2D eigenvalue weighted by Crippen LogP contribution is 2.29. The maximum Gasteiger partial charge on any atom is 0.146 e. The van der Waals surface area contributed by atoms with Gasteiger partial charge in [0, 0.05) is 0 Å². The molecule has 0 saturated carbocycles. The van der Waals surface area contributed by atoms with Gasteiger partial charge in [0.2, 0.25) is 0 Å². The molecular formula is C15H15ClO. The molecule has 0 N–H and O–H groups in total. The van der Waals surface area contributed by atoms with E-state index in [0.29, 0.717) is 16.7 Å². The minimum absolute atomic E-state index is 0.532. The number of ether oxygens (including phenoxy) is 1. The van der Waals surface area contributed by atoms with E-state index < -0.39 is 0 Å². The van der Waals surface area contributed by atoms with Crippen LogP contribution in [0.2, 0.25) is 5.02 Å². The van der Waals surface area contributed by atoms with Crippen molar-refractivity contribution in [3.05, 3.63) is 59.1 Å². The molecule has 0 fully saturated rings. The Morgan fingerprint density at radius 2 is 1.59 bits per heavy atom. The number of rotatable bonds is 3. The van der Waals surface area contributed by atoms with Crippen LogP contribution in [-0.4, -0.2) is 0 Å². The minimum atomic E-state index is 0.532. The first kappa shape index (κ1) is 12.0. The maximum atomic E-state index is 6.03. The molecule has 2 rings (SSSR count). The van der Waals surface area contributed by atoms with Crippen LogP contribution < -0.4 is 4.74 Å². The Bertz CT molecular complexity index is 489. The SMILES string of the molecule is CC(C)c1ccc(Oc2ccccc2Cl)cc1. The first-order valence-corrected chi connectivity index (χ1v) is 6.07. The summed E-state index contributed by atoms with van der Waals surface area (Å²) in [7, 11) is 0. The highest BCUT2D eigenvalue weighted by atomic mass is 35.5. The predicted molar refractivity (Wildman–Crippen MR) is 72.1 cm³/mol. The van der Waals surface area contributed by atoms with Crippen molar-refractivity contribution in [2.75, 3.05) is 0 Å². The Hall–Kier alpha value is -1.47. The molecule has 0 aliphatic carbocycles. The van der Waals surface area contributed by atoms with Crippen molar-refractivity contribution in [1.82, 2.24) is 0 Å². The van der Waals surface area contributed by atoms with Gasteiger partial charge in [0.15, 0.2) is 0 Å². The second kappa shape index (κ2) is 5.24. The van der Waals surface area contributed by atoms with E-state index in [1.165, 1.54) is 5.56 Å². The smallest absolute Gasteiger partial charge is 0.146 e. The molecule has 0 unspecified atom stereocenters. The van der Waals surface area contributed by atoms with Gasteiger partial charge in [-0.25, -0.2) is 0 Å². The fraction of sp³-hybridized carbons (Fsp3) is 0.200. The van der Waals surface area contributed by atoms with Crippen molar-refractivity contribution in [2.45, 2.75) is 19.8 Å². The second-order valence-corrected chi connectivity index (χ2v) is 4.66. The molecular weight excluding hydrogens is 232 g/mol. The molecule has 88 valence electrons. The van der Waals surface area contributed by atoms with Crippen LogP contribution in [0.5, 0.6) is 11.5 Å². The Morgan fingerprint density at radius 1 is 0.941 bits per heavy atom. The lowest BCUT2D eigenvalue weighted by Gasteiger charge is -2.09. The van der Waals surface area contributed by atoms with Gasteiger partial charge in [0.25, 0.3) is 0 Å². The average molecular weight is 247 g/mol. The Morgan fingerprint density at radius 3 is 2.18 bits per heavy atom. The first-order chi connectivity index (χ1) is 8.16. The predicted octanol–water partition coefficient (Wildman–Crippen LogP) is 5.26. The molecule has 0 heterocycles. The van der Waals surface area contributed by atoms with E-state index in [9.17, 15) is 0 Å². The summed E-state index contributed by atoms with van der Waals surface area (Å²) >= 11 is 6.03. The molecule has 2 aromatic carbocycles. The van der Waals surface area contributed by atoms with E-state index >= 15 is 0 Å². The molecule has 2 aromatic rings. The molecule has 0 aliphatic heterocycles. The van der Waals surface area contributed by atoms with E-state index in [-0.39, 0.29) is 0 Å². The highest BCUT2D eigenvalue weighted by Gasteiger charge is 2.03. The van der Waals surface area contributed by atoms with Gasteiger partial charge in [-0.2, -0.15) is 0 Å². The summed E-state index contributed by atoms with van der Waals surface area (Å²) in [5.41, 5.74) is 1.30. The number of para-hydroxylation sites is 1. The molecule has 0 spiro atoms. The van der Waals surface area contributed by atoms with Crippen LogP contribution in [0.15, 0.2) is 48.5 Å². The largest absolute Gasteiger partial charge is 0.456 e. The lowest BCUT2D eigenvalue weighted by molar-refractivity contribution is 0.482. The van der Waals surface area contributed by atoms with Crippen molar-refractivity contribution in [3.63, 3.8) is 0 Å². The Labute approximate surface area is 107 Å². The second-order valence-electron chi connectivity index (χ2n) is 4.26. The van der Waals surface area contributed by atoms with Gasteiger partial charge in [-0.3, -0.25) is 0 Å². The molecule has 0 aliphatic rings. The normalized spacial score (nSPS) is 10.6. The number of halogens is 1. The van der Waals surface area contributed by atoms with Gasteiger partial charge in [-0.15, -0.1) is 0 Å². The summed E-state index contributed by atoms with van der Waals surface area (Å²) < 4.78 is 5.71. The van der Waals surface area contributed by atoms with Gasteiger partial charge in [-0.05, 0) is 35.7 Å². The van der Waals surface area contributed by atoms with E-state index in [4.69, 9.17) is 16.3 Å². The van der Waals surface area contributed by atoms with Crippen molar-refractivity contribution in [1.29, 1.82) is 0 Å². The van der Waals surface area contributed by atoms with Gasteiger partial charge >= 0.3 is 0 Å². The lowest BCUT2D eigenvalue weighted by Crippen LogP contribution is -1.88. The minimum Gasteiger partial charge on any atom is -0.456 e. The summed E-state index contributed by atoms with van der Waals surface area (Å²) in [6.45, 7) is 4.34. The third kappa shape index (κ3) is 3.01. The van der Waals surface area contributed by atoms with Crippen LogP contribution in [0, 0.1) is 0 Å². The molecule has 2 heteroatoms. The topological polar surface area (TPSA) is 9.23 Å². The monoisotopic (exact) mass is 246 g/mol. The van der Waals surface area contributed by atoms with Crippen LogP contribution >= 0.6 is 11.6 Å². The van der Waals surface area contributed by atoms with Gasteiger partial charge in [0.1, 0.15) is 11.5 Å². The number of hydrogen-bond acceptors (Lipinski definition) is 1. The lowest BCUT2D eigenvalue weighted by atomic mass is 10.0. The summed E-state index contributed by atoms with van der Waals surface area (Å²) in [4.78, 5) is 0. The molecule has 1 nitrogen and oxygen atoms in total. The third-order valence-electron chi connectivity index (χ3n) is 2.61. The van der Waals surface area contributed by atoms with Crippen LogP contribution in [0.25, 0.3) is 0 Å². The maximum absolute atomic E-state index is 6.03. The highest BCUT2D eigenvalue weighted by molar-refractivity contribution is 6.32. The van der Waals surface area contributed by atoms with E-state index in [1.807, 2.05) is 36.4 Å². The fourth-order valence-electron chi connectivity index (χ4n) is 1.58. The zero-order chi connectivity index (χ0) is 12.3.